The predicted molar refractivity (Wildman–Crippen MR) is 98.1 cm³/mol. The van der Waals surface area contributed by atoms with Gasteiger partial charge in [0.1, 0.15) is 0 Å². The van der Waals surface area contributed by atoms with Crippen molar-refractivity contribution in [2.75, 3.05) is 18.8 Å². The summed E-state index contributed by atoms with van der Waals surface area (Å²) in [7, 11) is -3.10. The van der Waals surface area contributed by atoms with Gasteiger partial charge in [-0.3, -0.25) is 4.79 Å². The average molecular weight is 405 g/mol. The molecule has 1 heterocycles. The summed E-state index contributed by atoms with van der Waals surface area (Å²) in [5, 5.41) is -0.403. The van der Waals surface area contributed by atoms with Crippen LogP contribution in [0.2, 0.25) is 0 Å². The third-order valence-corrected chi connectivity index (χ3v) is 7.48. The first-order valence-corrected chi connectivity index (χ1v) is 10.8. The highest BCUT2D eigenvalue weighted by atomic mass is 32.2. The van der Waals surface area contributed by atoms with Crippen LogP contribution in [0.15, 0.2) is 18.2 Å². The summed E-state index contributed by atoms with van der Waals surface area (Å²) >= 11 is 0. The van der Waals surface area contributed by atoms with Gasteiger partial charge in [0.2, 0.25) is 5.91 Å². The summed E-state index contributed by atoms with van der Waals surface area (Å²) in [6.45, 7) is 5.69. The Morgan fingerprint density at radius 2 is 1.81 bits per heavy atom. The van der Waals surface area contributed by atoms with Crippen molar-refractivity contribution >= 4 is 15.7 Å². The van der Waals surface area contributed by atoms with Gasteiger partial charge in [0.25, 0.3) is 0 Å². The Morgan fingerprint density at radius 3 is 2.30 bits per heavy atom. The van der Waals surface area contributed by atoms with E-state index in [-0.39, 0.29) is 29.6 Å². The van der Waals surface area contributed by atoms with Crippen molar-refractivity contribution in [1.82, 2.24) is 4.90 Å². The zero-order chi connectivity index (χ0) is 20.4. The number of nitrogens with zero attached hydrogens (tertiary/aromatic N) is 1. The second-order valence-electron chi connectivity index (χ2n) is 7.53. The van der Waals surface area contributed by atoms with Crippen LogP contribution >= 0.6 is 0 Å². The zero-order valence-electron chi connectivity index (χ0n) is 15.8. The number of amides is 1. The fourth-order valence-corrected chi connectivity index (χ4v) is 4.69. The Hall–Kier alpha value is -1.57. The molecule has 1 aliphatic heterocycles. The van der Waals surface area contributed by atoms with Crippen molar-refractivity contribution < 1.29 is 26.4 Å². The van der Waals surface area contributed by atoms with E-state index in [0.29, 0.717) is 31.5 Å². The summed E-state index contributed by atoms with van der Waals surface area (Å²) in [4.78, 5) is 14.1. The molecule has 1 saturated heterocycles. The van der Waals surface area contributed by atoms with Crippen LogP contribution in [0.5, 0.6) is 0 Å². The van der Waals surface area contributed by atoms with E-state index in [0.717, 1.165) is 6.07 Å². The minimum Gasteiger partial charge on any atom is -0.342 e. The minimum absolute atomic E-state index is 0.0495. The van der Waals surface area contributed by atoms with Gasteiger partial charge in [-0.15, -0.1) is 0 Å². The molecule has 0 unspecified atom stereocenters. The number of hydrogen-bond donors (Lipinski definition) is 0. The molecule has 4 nitrogen and oxygen atoms in total. The van der Waals surface area contributed by atoms with E-state index in [1.807, 2.05) is 0 Å². The molecule has 1 aliphatic rings. The van der Waals surface area contributed by atoms with Crippen molar-refractivity contribution in [2.45, 2.75) is 51.5 Å². The molecule has 1 amide bonds. The highest BCUT2D eigenvalue weighted by Gasteiger charge is 2.32. The first kappa shape index (κ1) is 21.7. The Morgan fingerprint density at radius 1 is 1.22 bits per heavy atom. The lowest BCUT2D eigenvalue weighted by Crippen LogP contribution is -2.41. The van der Waals surface area contributed by atoms with Crippen molar-refractivity contribution in [1.29, 1.82) is 0 Å². The van der Waals surface area contributed by atoms with Gasteiger partial charge in [0.05, 0.1) is 23.0 Å². The Bertz CT molecular complexity index is 780. The summed E-state index contributed by atoms with van der Waals surface area (Å²) in [6, 6.07) is 3.76. The molecule has 2 rings (SSSR count). The van der Waals surface area contributed by atoms with Gasteiger partial charge in [-0.25, -0.2) is 8.42 Å². The van der Waals surface area contributed by atoms with Crippen LogP contribution in [0.4, 0.5) is 13.2 Å². The molecular weight excluding hydrogens is 379 g/mol. The van der Waals surface area contributed by atoms with Gasteiger partial charge in [-0.1, -0.05) is 12.1 Å². The van der Waals surface area contributed by atoms with Crippen LogP contribution < -0.4 is 0 Å². The summed E-state index contributed by atoms with van der Waals surface area (Å²) in [5.74, 6) is 0.0548. The predicted octanol–water partition coefficient (Wildman–Crippen LogP) is 3.62. The summed E-state index contributed by atoms with van der Waals surface area (Å²) < 4.78 is 62.5. The number of aryl methyl sites for hydroxylation is 1. The maximum absolute atomic E-state index is 12.8. The number of halogens is 3. The van der Waals surface area contributed by atoms with Crippen LogP contribution in [0.3, 0.4) is 0 Å². The van der Waals surface area contributed by atoms with Gasteiger partial charge in [0, 0.05) is 13.1 Å². The van der Waals surface area contributed by atoms with Crippen LogP contribution in [0.25, 0.3) is 0 Å². The Balaban J connectivity index is 1.92. The SMILES string of the molecule is Cc1cc(CC(=O)N2CCC(CS(=O)(=O)C(C)C)CC2)ccc1C(F)(F)F. The summed E-state index contributed by atoms with van der Waals surface area (Å²) in [6.07, 6.45) is -3.09. The molecule has 27 heavy (non-hydrogen) atoms. The molecule has 0 radical (unpaired) electrons. The highest BCUT2D eigenvalue weighted by molar-refractivity contribution is 7.91. The fourth-order valence-electron chi connectivity index (χ4n) is 3.31. The van der Waals surface area contributed by atoms with Crippen molar-refractivity contribution in [2.24, 2.45) is 5.92 Å². The molecular formula is C19H26F3NO3S. The largest absolute Gasteiger partial charge is 0.416 e. The molecule has 1 fully saturated rings. The maximum Gasteiger partial charge on any atom is 0.416 e. The standard InChI is InChI=1S/C19H26F3NO3S/c1-13(2)27(25,26)12-15-6-8-23(9-7-15)18(24)11-16-4-5-17(14(3)10-16)19(20,21)22/h4-5,10,13,15H,6-9,11-12H2,1-3H3. The van der Waals surface area contributed by atoms with Crippen LogP contribution in [0.1, 0.15) is 43.4 Å². The number of rotatable bonds is 5. The molecule has 0 aliphatic carbocycles. The molecule has 0 atom stereocenters. The molecule has 0 aromatic heterocycles. The fraction of sp³-hybridized carbons (Fsp3) is 0.632. The number of likely N-dealkylation sites (tertiary alicyclic amines) is 1. The average Bonchev–Trinajstić information content (AvgIpc) is 2.53. The quantitative estimate of drug-likeness (QED) is 0.752. The second kappa shape index (κ2) is 8.20. The number of alkyl halides is 3. The molecule has 8 heteroatoms. The first-order valence-electron chi connectivity index (χ1n) is 9.06. The third kappa shape index (κ3) is 5.70. The molecule has 0 spiro atoms. The number of piperidine rings is 1. The lowest BCUT2D eigenvalue weighted by molar-refractivity contribution is -0.138. The summed E-state index contributed by atoms with van der Waals surface area (Å²) in [5.41, 5.74) is -0.0358. The minimum atomic E-state index is -4.40. The van der Waals surface area contributed by atoms with E-state index in [1.165, 1.54) is 19.1 Å². The van der Waals surface area contributed by atoms with Gasteiger partial charge < -0.3 is 4.90 Å². The van der Waals surface area contributed by atoms with E-state index in [2.05, 4.69) is 0 Å². The Labute approximate surface area is 158 Å². The van der Waals surface area contributed by atoms with Crippen molar-refractivity contribution in [3.05, 3.63) is 34.9 Å². The number of carbonyl (C=O) groups excluding carboxylic acids is 1. The smallest absolute Gasteiger partial charge is 0.342 e. The van der Waals surface area contributed by atoms with E-state index in [9.17, 15) is 26.4 Å². The lowest BCUT2D eigenvalue weighted by Gasteiger charge is -2.32. The molecule has 0 bridgehead atoms. The number of sulfone groups is 1. The number of benzene rings is 1. The van der Waals surface area contributed by atoms with E-state index >= 15 is 0 Å². The zero-order valence-corrected chi connectivity index (χ0v) is 16.7. The molecule has 1 aromatic carbocycles. The normalized spacial score (nSPS) is 16.8. The van der Waals surface area contributed by atoms with Gasteiger partial charge in [-0.05, 0) is 56.7 Å². The number of hydrogen-bond acceptors (Lipinski definition) is 3. The lowest BCUT2D eigenvalue weighted by atomic mass is 9.98. The van der Waals surface area contributed by atoms with Crippen LogP contribution in [-0.2, 0) is 27.2 Å². The third-order valence-electron chi connectivity index (χ3n) is 5.11. The highest BCUT2D eigenvalue weighted by Crippen LogP contribution is 2.32. The van der Waals surface area contributed by atoms with E-state index in [1.54, 1.807) is 18.7 Å². The van der Waals surface area contributed by atoms with Crippen molar-refractivity contribution in [3.63, 3.8) is 0 Å². The van der Waals surface area contributed by atoms with Crippen LogP contribution in [0, 0.1) is 12.8 Å². The number of carbonyl (C=O) groups is 1. The molecule has 0 saturated carbocycles. The van der Waals surface area contributed by atoms with E-state index < -0.39 is 26.8 Å². The van der Waals surface area contributed by atoms with E-state index in [4.69, 9.17) is 0 Å². The molecule has 0 N–H and O–H groups in total. The van der Waals surface area contributed by atoms with Crippen LogP contribution in [-0.4, -0.2) is 43.3 Å². The Kier molecular flexibility index (Phi) is 6.60. The monoisotopic (exact) mass is 405 g/mol. The molecule has 1 aromatic rings. The van der Waals surface area contributed by atoms with Gasteiger partial charge >= 0.3 is 6.18 Å². The van der Waals surface area contributed by atoms with Gasteiger partial charge in [0.15, 0.2) is 9.84 Å². The van der Waals surface area contributed by atoms with Crippen molar-refractivity contribution in [3.8, 4) is 0 Å². The van der Waals surface area contributed by atoms with Gasteiger partial charge in [-0.2, -0.15) is 13.2 Å². The maximum atomic E-state index is 12.8. The first-order chi connectivity index (χ1) is 12.4. The second-order valence-corrected chi connectivity index (χ2v) is 10.1. The molecule has 152 valence electrons. The topological polar surface area (TPSA) is 54.5 Å².